The maximum atomic E-state index is 12.6. The average molecular weight is 215 g/mol. The summed E-state index contributed by atoms with van der Waals surface area (Å²) in [4.78, 5) is 0. The smallest absolute Gasteiger partial charge is 0.278 e. The molecule has 0 bridgehead atoms. The van der Waals surface area contributed by atoms with Crippen molar-refractivity contribution in [1.29, 1.82) is 0 Å². The van der Waals surface area contributed by atoms with Crippen LogP contribution in [0, 0.1) is 0 Å². The van der Waals surface area contributed by atoms with Gasteiger partial charge in [0.1, 0.15) is 5.75 Å². The third-order valence-electron chi connectivity index (χ3n) is 1.82. The van der Waals surface area contributed by atoms with E-state index < -0.39 is 12.5 Å². The Morgan fingerprint density at radius 1 is 1.33 bits per heavy atom. The molecule has 0 atom stereocenters. The molecule has 0 unspecified atom stereocenters. The summed E-state index contributed by atoms with van der Waals surface area (Å²) in [6.07, 6.45) is 0. The van der Waals surface area contributed by atoms with Gasteiger partial charge in [-0.3, -0.25) is 0 Å². The molecule has 0 saturated carbocycles. The van der Waals surface area contributed by atoms with E-state index in [1.807, 2.05) is 12.1 Å². The molecule has 0 saturated heterocycles. The van der Waals surface area contributed by atoms with Gasteiger partial charge in [0, 0.05) is 19.0 Å². The highest BCUT2D eigenvalue weighted by Gasteiger charge is 2.22. The van der Waals surface area contributed by atoms with Gasteiger partial charge in [-0.05, 0) is 13.1 Å². The van der Waals surface area contributed by atoms with Gasteiger partial charge in [0.2, 0.25) is 0 Å². The van der Waals surface area contributed by atoms with E-state index in [4.69, 9.17) is 4.74 Å². The van der Waals surface area contributed by atoms with Gasteiger partial charge in [-0.15, -0.1) is 0 Å². The second-order valence-electron chi connectivity index (χ2n) is 3.50. The predicted octanol–water partition coefficient (Wildman–Crippen LogP) is 2.44. The van der Waals surface area contributed by atoms with E-state index in [0.717, 1.165) is 12.5 Å². The molecule has 0 aliphatic heterocycles. The van der Waals surface area contributed by atoms with Gasteiger partial charge >= 0.3 is 0 Å². The van der Waals surface area contributed by atoms with Gasteiger partial charge in [0.05, 0.1) is 0 Å². The maximum Gasteiger partial charge on any atom is 0.278 e. The maximum absolute atomic E-state index is 12.6. The summed E-state index contributed by atoms with van der Waals surface area (Å²) in [6.45, 7) is 0.854. The SMILES string of the molecule is CNCc1ccccc1OCC(C)(F)F. The molecular weight excluding hydrogens is 200 g/mol. The number of nitrogens with one attached hydrogen (secondary N) is 1. The van der Waals surface area contributed by atoms with Crippen LogP contribution in [0.1, 0.15) is 12.5 Å². The molecule has 0 aliphatic rings. The van der Waals surface area contributed by atoms with Crippen LogP contribution in [0.5, 0.6) is 5.75 Å². The Hall–Kier alpha value is -1.16. The van der Waals surface area contributed by atoms with Crippen LogP contribution in [-0.2, 0) is 6.54 Å². The van der Waals surface area contributed by atoms with E-state index in [9.17, 15) is 8.78 Å². The fraction of sp³-hybridized carbons (Fsp3) is 0.455. The van der Waals surface area contributed by atoms with Crippen LogP contribution in [0.3, 0.4) is 0 Å². The first kappa shape index (κ1) is 11.9. The number of rotatable bonds is 5. The Morgan fingerprint density at radius 2 is 2.00 bits per heavy atom. The average Bonchev–Trinajstić information content (AvgIpc) is 2.16. The van der Waals surface area contributed by atoms with E-state index >= 15 is 0 Å². The zero-order chi connectivity index (χ0) is 11.3. The molecule has 0 radical (unpaired) electrons. The first-order valence-electron chi connectivity index (χ1n) is 4.76. The van der Waals surface area contributed by atoms with Crippen LogP contribution in [-0.4, -0.2) is 19.6 Å². The predicted molar refractivity (Wildman–Crippen MR) is 55.3 cm³/mol. The molecule has 2 nitrogen and oxygen atoms in total. The van der Waals surface area contributed by atoms with Crippen molar-refractivity contribution in [2.24, 2.45) is 0 Å². The van der Waals surface area contributed by atoms with Crippen molar-refractivity contribution in [1.82, 2.24) is 5.32 Å². The lowest BCUT2D eigenvalue weighted by Gasteiger charge is -2.14. The number of ether oxygens (including phenoxy) is 1. The summed E-state index contributed by atoms with van der Waals surface area (Å²) in [5, 5.41) is 2.95. The van der Waals surface area contributed by atoms with Crippen LogP contribution in [0.25, 0.3) is 0 Å². The van der Waals surface area contributed by atoms with Crippen LogP contribution in [0.2, 0.25) is 0 Å². The molecule has 1 aromatic carbocycles. The van der Waals surface area contributed by atoms with Crippen molar-refractivity contribution in [3.05, 3.63) is 29.8 Å². The Kier molecular flexibility index (Phi) is 4.03. The van der Waals surface area contributed by atoms with Crippen molar-refractivity contribution in [2.75, 3.05) is 13.7 Å². The molecule has 4 heteroatoms. The fourth-order valence-electron chi connectivity index (χ4n) is 1.19. The molecule has 0 fully saturated rings. The van der Waals surface area contributed by atoms with Crippen molar-refractivity contribution >= 4 is 0 Å². The molecule has 0 aliphatic carbocycles. The van der Waals surface area contributed by atoms with E-state index in [1.54, 1.807) is 19.2 Å². The number of hydrogen-bond donors (Lipinski definition) is 1. The molecule has 0 spiro atoms. The number of para-hydroxylation sites is 1. The Labute approximate surface area is 88.3 Å². The van der Waals surface area contributed by atoms with Gasteiger partial charge in [-0.1, -0.05) is 18.2 Å². The van der Waals surface area contributed by atoms with Gasteiger partial charge < -0.3 is 10.1 Å². The van der Waals surface area contributed by atoms with Gasteiger partial charge in [0.25, 0.3) is 5.92 Å². The summed E-state index contributed by atoms with van der Waals surface area (Å²) >= 11 is 0. The number of hydrogen-bond acceptors (Lipinski definition) is 2. The zero-order valence-electron chi connectivity index (χ0n) is 8.89. The molecule has 0 amide bonds. The van der Waals surface area contributed by atoms with E-state index in [-0.39, 0.29) is 0 Å². The van der Waals surface area contributed by atoms with Crippen molar-refractivity contribution in [2.45, 2.75) is 19.4 Å². The fourth-order valence-corrected chi connectivity index (χ4v) is 1.19. The first-order valence-corrected chi connectivity index (χ1v) is 4.76. The number of halogens is 2. The lowest BCUT2D eigenvalue weighted by molar-refractivity contribution is -0.0232. The molecule has 0 aromatic heterocycles. The van der Waals surface area contributed by atoms with E-state index in [2.05, 4.69) is 5.32 Å². The van der Waals surface area contributed by atoms with Crippen molar-refractivity contribution in [3.63, 3.8) is 0 Å². The van der Waals surface area contributed by atoms with Gasteiger partial charge in [0.15, 0.2) is 6.61 Å². The molecule has 15 heavy (non-hydrogen) atoms. The number of benzene rings is 1. The summed E-state index contributed by atoms with van der Waals surface area (Å²) in [7, 11) is 1.80. The minimum atomic E-state index is -2.80. The first-order chi connectivity index (χ1) is 7.03. The molecular formula is C11H15F2NO. The topological polar surface area (TPSA) is 21.3 Å². The van der Waals surface area contributed by atoms with Crippen LogP contribution >= 0.6 is 0 Å². The van der Waals surface area contributed by atoms with Crippen LogP contribution in [0.4, 0.5) is 8.78 Å². The normalized spacial score (nSPS) is 11.5. The Morgan fingerprint density at radius 3 is 2.60 bits per heavy atom. The lowest BCUT2D eigenvalue weighted by atomic mass is 10.2. The highest BCUT2D eigenvalue weighted by molar-refractivity contribution is 5.33. The molecule has 1 N–H and O–H groups in total. The monoisotopic (exact) mass is 215 g/mol. The molecule has 1 aromatic rings. The van der Waals surface area contributed by atoms with Crippen LogP contribution < -0.4 is 10.1 Å². The van der Waals surface area contributed by atoms with E-state index in [0.29, 0.717) is 12.3 Å². The summed E-state index contributed by atoms with van der Waals surface area (Å²) in [5.41, 5.74) is 0.879. The minimum Gasteiger partial charge on any atom is -0.487 e. The second-order valence-corrected chi connectivity index (χ2v) is 3.50. The van der Waals surface area contributed by atoms with Gasteiger partial charge in [-0.25, -0.2) is 8.78 Å². The summed E-state index contributed by atoms with van der Waals surface area (Å²) < 4.78 is 30.2. The molecule has 84 valence electrons. The van der Waals surface area contributed by atoms with E-state index in [1.165, 1.54) is 0 Å². The quantitative estimate of drug-likeness (QED) is 0.814. The third-order valence-corrected chi connectivity index (χ3v) is 1.82. The highest BCUT2D eigenvalue weighted by Crippen LogP contribution is 2.20. The third kappa shape index (κ3) is 4.25. The summed E-state index contributed by atoms with van der Waals surface area (Å²) in [5.74, 6) is -2.29. The summed E-state index contributed by atoms with van der Waals surface area (Å²) in [6, 6.07) is 7.16. The standard InChI is InChI=1S/C11H15F2NO/c1-11(12,13)8-15-10-6-4-3-5-9(10)7-14-2/h3-6,14H,7-8H2,1-2H3. The highest BCUT2D eigenvalue weighted by atomic mass is 19.3. The molecule has 0 heterocycles. The van der Waals surface area contributed by atoms with Gasteiger partial charge in [-0.2, -0.15) is 0 Å². The van der Waals surface area contributed by atoms with Crippen molar-refractivity contribution in [3.8, 4) is 5.75 Å². The Balaban J connectivity index is 2.67. The largest absolute Gasteiger partial charge is 0.487 e. The van der Waals surface area contributed by atoms with Crippen LogP contribution in [0.15, 0.2) is 24.3 Å². The lowest BCUT2D eigenvalue weighted by Crippen LogP contribution is -2.21. The second kappa shape index (κ2) is 5.07. The Bertz CT molecular complexity index is 310. The number of alkyl halides is 2. The van der Waals surface area contributed by atoms with Crippen molar-refractivity contribution < 1.29 is 13.5 Å². The minimum absolute atomic E-state index is 0.508. The zero-order valence-corrected chi connectivity index (χ0v) is 8.89. The molecule has 1 rings (SSSR count).